The lowest BCUT2D eigenvalue weighted by molar-refractivity contribution is -0.120. The van der Waals surface area contributed by atoms with Gasteiger partial charge in [-0.05, 0) is 25.0 Å². The first kappa shape index (κ1) is 10.7. The Hall–Kier alpha value is -1.86. The number of nitrogens with two attached hydrogens (primary N) is 1. The molecule has 2 rings (SSSR count). The molecule has 1 aliphatic heterocycles. The predicted octanol–water partition coefficient (Wildman–Crippen LogP) is 1.14. The third-order valence-corrected chi connectivity index (χ3v) is 3.06. The van der Waals surface area contributed by atoms with E-state index in [9.17, 15) is 4.79 Å². The summed E-state index contributed by atoms with van der Waals surface area (Å²) in [5, 5.41) is 11.6. The lowest BCUT2D eigenvalue weighted by Crippen LogP contribution is -2.37. The molecule has 2 atom stereocenters. The fourth-order valence-corrected chi connectivity index (χ4v) is 2.14. The summed E-state index contributed by atoms with van der Waals surface area (Å²) >= 11 is 0. The highest BCUT2D eigenvalue weighted by atomic mass is 16.2. The van der Waals surface area contributed by atoms with Gasteiger partial charge in [-0.1, -0.05) is 18.2 Å². The zero-order chi connectivity index (χ0) is 11.8. The zero-order valence-electron chi connectivity index (χ0n) is 9.03. The van der Waals surface area contributed by atoms with E-state index in [0.29, 0.717) is 6.42 Å². The topological polar surface area (TPSA) is 78.9 Å². The van der Waals surface area contributed by atoms with Gasteiger partial charge in [0.15, 0.2) is 0 Å². The number of rotatable bonds is 2. The van der Waals surface area contributed by atoms with Crippen LogP contribution < -0.4 is 11.1 Å². The maximum atomic E-state index is 11.9. The minimum absolute atomic E-state index is 0.0839. The van der Waals surface area contributed by atoms with Crippen molar-refractivity contribution in [3.63, 3.8) is 0 Å². The summed E-state index contributed by atoms with van der Waals surface area (Å²) in [6, 6.07) is 8.85. The molecule has 0 aliphatic carbocycles. The summed E-state index contributed by atoms with van der Waals surface area (Å²) in [5.41, 5.74) is 6.67. The van der Waals surface area contributed by atoms with E-state index in [1.807, 2.05) is 37.3 Å². The minimum Gasteiger partial charge on any atom is -0.325 e. The van der Waals surface area contributed by atoms with Crippen LogP contribution in [0.3, 0.4) is 0 Å². The van der Waals surface area contributed by atoms with E-state index in [1.54, 1.807) is 0 Å². The SMILES string of the molecule is C[C@@]1(C[C@H](N)C#N)C(=O)Nc2ccccc21. The summed E-state index contributed by atoms with van der Waals surface area (Å²) in [7, 11) is 0. The van der Waals surface area contributed by atoms with Crippen molar-refractivity contribution in [3.8, 4) is 6.07 Å². The third kappa shape index (κ3) is 1.46. The maximum Gasteiger partial charge on any atom is 0.234 e. The van der Waals surface area contributed by atoms with Crippen molar-refractivity contribution in [1.82, 2.24) is 0 Å². The lowest BCUT2D eigenvalue weighted by atomic mass is 9.78. The molecule has 0 spiro atoms. The molecular weight excluding hydrogens is 202 g/mol. The van der Waals surface area contributed by atoms with Crippen LogP contribution in [0, 0.1) is 11.3 Å². The number of anilines is 1. The summed E-state index contributed by atoms with van der Waals surface area (Å²) in [4.78, 5) is 11.9. The molecule has 1 amide bonds. The molecule has 4 nitrogen and oxygen atoms in total. The molecule has 3 N–H and O–H groups in total. The van der Waals surface area contributed by atoms with Crippen molar-refractivity contribution in [3.05, 3.63) is 29.8 Å². The Bertz CT molecular complexity index is 477. The van der Waals surface area contributed by atoms with Crippen molar-refractivity contribution in [2.45, 2.75) is 24.8 Å². The number of nitrogens with one attached hydrogen (secondary N) is 1. The van der Waals surface area contributed by atoms with Gasteiger partial charge in [0.25, 0.3) is 0 Å². The predicted molar refractivity (Wildman–Crippen MR) is 60.6 cm³/mol. The van der Waals surface area contributed by atoms with Gasteiger partial charge in [-0.3, -0.25) is 4.79 Å². The van der Waals surface area contributed by atoms with Gasteiger partial charge >= 0.3 is 0 Å². The number of hydrogen-bond acceptors (Lipinski definition) is 3. The lowest BCUT2D eigenvalue weighted by Gasteiger charge is -2.22. The van der Waals surface area contributed by atoms with Crippen molar-refractivity contribution < 1.29 is 4.79 Å². The van der Waals surface area contributed by atoms with E-state index >= 15 is 0 Å². The Labute approximate surface area is 94.1 Å². The number of fused-ring (bicyclic) bond motifs is 1. The quantitative estimate of drug-likeness (QED) is 0.776. The van der Waals surface area contributed by atoms with E-state index in [-0.39, 0.29) is 5.91 Å². The number of nitriles is 1. The molecule has 1 aromatic rings. The molecule has 0 radical (unpaired) electrons. The first-order valence-electron chi connectivity index (χ1n) is 5.14. The van der Waals surface area contributed by atoms with Crippen LogP contribution in [0.4, 0.5) is 5.69 Å². The Balaban J connectivity index is 2.41. The highest BCUT2D eigenvalue weighted by Crippen LogP contribution is 2.40. The average molecular weight is 215 g/mol. The van der Waals surface area contributed by atoms with Crippen LogP contribution in [0.1, 0.15) is 18.9 Å². The fraction of sp³-hybridized carbons (Fsp3) is 0.333. The Morgan fingerprint density at radius 1 is 1.56 bits per heavy atom. The van der Waals surface area contributed by atoms with Crippen LogP contribution in [0.25, 0.3) is 0 Å². The molecular formula is C12H13N3O. The van der Waals surface area contributed by atoms with Gasteiger partial charge in [-0.25, -0.2) is 0 Å². The monoisotopic (exact) mass is 215 g/mol. The van der Waals surface area contributed by atoms with Crippen molar-refractivity contribution in [1.29, 1.82) is 5.26 Å². The molecule has 1 heterocycles. The van der Waals surface area contributed by atoms with E-state index in [4.69, 9.17) is 11.0 Å². The minimum atomic E-state index is -0.689. The molecule has 0 bridgehead atoms. The number of carbonyl (C=O) groups excluding carboxylic acids is 1. The molecule has 0 unspecified atom stereocenters. The summed E-state index contributed by atoms with van der Waals surface area (Å²) in [5.74, 6) is -0.0839. The first-order valence-corrected chi connectivity index (χ1v) is 5.14. The second-order valence-corrected chi connectivity index (χ2v) is 4.27. The molecule has 0 saturated heterocycles. The van der Waals surface area contributed by atoms with Crippen molar-refractivity contribution >= 4 is 11.6 Å². The van der Waals surface area contributed by atoms with Crippen molar-refractivity contribution in [2.24, 2.45) is 5.73 Å². The van der Waals surface area contributed by atoms with Gasteiger partial charge in [0, 0.05) is 5.69 Å². The zero-order valence-corrected chi connectivity index (χ0v) is 9.03. The van der Waals surface area contributed by atoms with Crippen LogP contribution in [0.15, 0.2) is 24.3 Å². The molecule has 1 aliphatic rings. The van der Waals surface area contributed by atoms with Gasteiger partial charge in [-0.2, -0.15) is 5.26 Å². The van der Waals surface area contributed by atoms with E-state index < -0.39 is 11.5 Å². The fourth-order valence-electron chi connectivity index (χ4n) is 2.14. The first-order chi connectivity index (χ1) is 7.58. The third-order valence-electron chi connectivity index (χ3n) is 3.06. The Kier molecular flexibility index (Phi) is 2.41. The van der Waals surface area contributed by atoms with Crippen LogP contribution in [0.5, 0.6) is 0 Å². The largest absolute Gasteiger partial charge is 0.325 e. The Morgan fingerprint density at radius 3 is 2.94 bits per heavy atom. The number of benzene rings is 1. The molecule has 0 aromatic heterocycles. The van der Waals surface area contributed by atoms with Gasteiger partial charge < -0.3 is 11.1 Å². The number of para-hydroxylation sites is 1. The molecule has 82 valence electrons. The standard InChI is InChI=1S/C12H13N3O/c1-12(6-8(14)7-13)9-4-2-3-5-10(9)15-11(12)16/h2-5,8H,6,14H2,1H3,(H,15,16)/t8-,12-/m0/s1. The molecule has 0 saturated carbocycles. The molecule has 16 heavy (non-hydrogen) atoms. The van der Waals surface area contributed by atoms with Gasteiger partial charge in [0.2, 0.25) is 5.91 Å². The van der Waals surface area contributed by atoms with Crippen LogP contribution >= 0.6 is 0 Å². The highest BCUT2D eigenvalue weighted by molar-refractivity contribution is 6.05. The summed E-state index contributed by atoms with van der Waals surface area (Å²) in [6.07, 6.45) is 0.340. The molecule has 4 heteroatoms. The van der Waals surface area contributed by atoms with Crippen LogP contribution in [-0.4, -0.2) is 11.9 Å². The second-order valence-electron chi connectivity index (χ2n) is 4.27. The number of carbonyl (C=O) groups is 1. The average Bonchev–Trinajstić information content (AvgIpc) is 2.52. The molecule has 0 fully saturated rings. The smallest absolute Gasteiger partial charge is 0.234 e. The highest BCUT2D eigenvalue weighted by Gasteiger charge is 2.43. The van der Waals surface area contributed by atoms with Gasteiger partial charge in [0.05, 0.1) is 17.5 Å². The van der Waals surface area contributed by atoms with Crippen molar-refractivity contribution in [2.75, 3.05) is 5.32 Å². The molecule has 1 aromatic carbocycles. The van der Waals surface area contributed by atoms with Crippen LogP contribution in [0.2, 0.25) is 0 Å². The van der Waals surface area contributed by atoms with Gasteiger partial charge in [0.1, 0.15) is 0 Å². The van der Waals surface area contributed by atoms with E-state index in [2.05, 4.69) is 5.32 Å². The number of nitrogens with zero attached hydrogens (tertiary/aromatic N) is 1. The second kappa shape index (κ2) is 3.62. The van der Waals surface area contributed by atoms with Crippen LogP contribution in [-0.2, 0) is 10.2 Å². The normalized spacial score (nSPS) is 24.4. The maximum absolute atomic E-state index is 11.9. The Morgan fingerprint density at radius 2 is 2.25 bits per heavy atom. The summed E-state index contributed by atoms with van der Waals surface area (Å²) in [6.45, 7) is 1.82. The van der Waals surface area contributed by atoms with E-state index in [0.717, 1.165) is 11.3 Å². The van der Waals surface area contributed by atoms with Gasteiger partial charge in [-0.15, -0.1) is 0 Å². The van der Waals surface area contributed by atoms with E-state index in [1.165, 1.54) is 0 Å². The number of amides is 1. The summed E-state index contributed by atoms with van der Waals surface area (Å²) < 4.78 is 0. The number of hydrogen-bond donors (Lipinski definition) is 2.